The van der Waals surface area contributed by atoms with Gasteiger partial charge < -0.3 is 73.3 Å². The van der Waals surface area contributed by atoms with Gasteiger partial charge in [0.1, 0.15) is 168 Å². The third-order valence-electron chi connectivity index (χ3n) is 25.2. The Hall–Kier alpha value is -11.3. The molecule has 0 aromatic heterocycles. The van der Waals surface area contributed by atoms with E-state index in [2.05, 4.69) is 79.1 Å². The van der Waals surface area contributed by atoms with Gasteiger partial charge in [-0.25, -0.2) is 0 Å². The number of likely N-dealkylation sites (tertiary alicyclic amines) is 5. The lowest BCUT2D eigenvalue weighted by Gasteiger charge is -2.27. The second kappa shape index (κ2) is 56.8. The summed E-state index contributed by atoms with van der Waals surface area (Å²) in [5.74, 6) is 5.50. The molecule has 0 bridgehead atoms. The van der Waals surface area contributed by atoms with Crippen molar-refractivity contribution in [3.63, 3.8) is 0 Å². The Morgan fingerprint density at radius 1 is 0.288 bits per heavy atom. The molecule has 5 fully saturated rings. The van der Waals surface area contributed by atoms with E-state index in [-0.39, 0.29) is 44.6 Å². The molecule has 30 heteroatoms. The van der Waals surface area contributed by atoms with E-state index in [9.17, 15) is 56.9 Å². The number of nitriles is 5. The molecule has 0 saturated carbocycles. The summed E-state index contributed by atoms with van der Waals surface area (Å²) < 4.78 is 49.5. The average molecular weight is 1990 g/mol. The van der Waals surface area contributed by atoms with Gasteiger partial charge in [0.2, 0.25) is 0 Å². The zero-order valence-electron chi connectivity index (χ0n) is 78.9. The highest BCUT2D eigenvalue weighted by Crippen LogP contribution is 2.36. The number of methoxy groups -OCH3 is 4. The van der Waals surface area contributed by atoms with Crippen LogP contribution in [0.1, 0.15) is 120 Å². The topological polar surface area (TPSA) is 340 Å². The van der Waals surface area contributed by atoms with Crippen LogP contribution in [-0.4, -0.2) is 243 Å². The summed E-state index contributed by atoms with van der Waals surface area (Å²) in [5, 5.41) is 110. The molecule has 0 amide bonds. The Kier molecular flexibility index (Phi) is 44.2. The van der Waals surface area contributed by atoms with E-state index in [4.69, 9.17) is 101 Å². The number of aliphatic hydroxyl groups is 5. The number of hydrogen-bond acceptors (Lipinski definition) is 25. The van der Waals surface area contributed by atoms with Crippen LogP contribution in [0.25, 0.3) is 0 Å². The first kappa shape index (κ1) is 108. The maximum absolute atomic E-state index is 10.5. The molecule has 5 aliphatic heterocycles. The molecular weight excluding hydrogens is 1870 g/mol. The molecular formula is C109H123Cl5N10O15. The van der Waals surface area contributed by atoms with Crippen molar-refractivity contribution in [2.24, 2.45) is 0 Å². The molecule has 10 aromatic carbocycles. The van der Waals surface area contributed by atoms with E-state index in [1.165, 1.54) is 22.3 Å². The summed E-state index contributed by atoms with van der Waals surface area (Å²) in [6.45, 7) is 8.03. The SMILES string of the molecule is COc1ccc(C[C@@H]2CCCN2C[C@@H](O)COc2cccc(Cl)c2C#N)cc1.COc1ccc(C[C@@H]2CCCN2C[C@@H](O)COc2cccc(Cl)c2C#N)cc1OC.COc1cccc(C[C@@H]2CCCN2C[C@@H](O)COc2cccc(Cl)c2C#N)c1.N#Cc1c(Cl)cccc1OC[C@H](O)CN1CCCC1Cc1ccccc1.N#Cc1c(Cl)cccc1OC[C@H](O)CN1CCCC1Cc1ccccc1O. The van der Waals surface area contributed by atoms with Gasteiger partial charge in [0.15, 0.2) is 11.5 Å². The first-order chi connectivity index (χ1) is 67.5. The summed E-state index contributed by atoms with van der Waals surface area (Å²) in [6, 6.07) is 77.5. The fourth-order valence-corrected chi connectivity index (χ4v) is 19.3. The van der Waals surface area contributed by atoms with Crippen molar-refractivity contribution in [3.8, 4) is 87.8 Å². The molecule has 10 atom stereocenters. The first-order valence-corrected chi connectivity index (χ1v) is 48.9. The van der Waals surface area contributed by atoms with Crippen molar-refractivity contribution in [2.45, 2.75) is 157 Å². The number of phenols is 1. The summed E-state index contributed by atoms with van der Waals surface area (Å²) in [5.41, 5.74) is 7.41. The lowest BCUT2D eigenvalue weighted by atomic mass is 10.0. The third-order valence-corrected chi connectivity index (χ3v) is 26.8. The second-order valence-electron chi connectivity index (χ2n) is 34.9. The molecule has 0 spiro atoms. The minimum absolute atomic E-state index is 0.0921. The quantitative estimate of drug-likeness (QED) is 0.0208. The highest BCUT2D eigenvalue weighted by atomic mass is 35.5. The average Bonchev–Trinajstić information content (AvgIpc) is 1.59. The molecule has 5 saturated heterocycles. The zero-order chi connectivity index (χ0) is 99.0. The molecule has 2 unspecified atom stereocenters. The maximum Gasteiger partial charge on any atom is 0.160 e. The van der Waals surface area contributed by atoms with Crippen LogP contribution in [0.3, 0.4) is 0 Å². The molecule has 5 aliphatic rings. The van der Waals surface area contributed by atoms with Gasteiger partial charge in [-0.1, -0.05) is 167 Å². The van der Waals surface area contributed by atoms with Gasteiger partial charge in [0.05, 0.1) is 53.6 Å². The monoisotopic (exact) mass is 1990 g/mol. The van der Waals surface area contributed by atoms with Gasteiger partial charge in [-0.15, -0.1) is 0 Å². The first-order valence-electron chi connectivity index (χ1n) is 47.0. The van der Waals surface area contributed by atoms with Crippen LogP contribution in [0.4, 0.5) is 0 Å². The van der Waals surface area contributed by atoms with E-state index in [1.807, 2.05) is 91.0 Å². The van der Waals surface area contributed by atoms with Crippen LogP contribution < -0.4 is 42.6 Å². The van der Waals surface area contributed by atoms with E-state index < -0.39 is 30.5 Å². The van der Waals surface area contributed by atoms with Gasteiger partial charge in [-0.05, 0) is 260 Å². The Bertz CT molecular complexity index is 5750. The summed E-state index contributed by atoms with van der Waals surface area (Å²) in [6.07, 6.45) is 12.3. The maximum atomic E-state index is 10.5. The molecule has 5 heterocycles. The molecule has 0 radical (unpaired) electrons. The fraction of sp³-hybridized carbons (Fsp3) is 0.404. The number of rotatable bonds is 39. The Labute approximate surface area is 841 Å². The van der Waals surface area contributed by atoms with E-state index in [1.54, 1.807) is 126 Å². The summed E-state index contributed by atoms with van der Waals surface area (Å²) >= 11 is 30.1. The molecule has 6 N–H and O–H groups in total. The normalized spacial score (nSPS) is 17.9. The van der Waals surface area contributed by atoms with Gasteiger partial charge >= 0.3 is 0 Å². The number of β-amino-alcohol motifs (C(OH)–C–C–N with tert-alkyl or cyclic N) is 5. The van der Waals surface area contributed by atoms with Gasteiger partial charge in [-0.3, -0.25) is 24.5 Å². The van der Waals surface area contributed by atoms with Gasteiger partial charge in [0, 0.05) is 62.9 Å². The van der Waals surface area contributed by atoms with Crippen LogP contribution in [0.2, 0.25) is 25.1 Å². The third kappa shape index (κ3) is 33.2. The van der Waals surface area contributed by atoms with E-state index in [0.717, 1.165) is 158 Å². The number of aromatic hydroxyl groups is 1. The lowest BCUT2D eigenvalue weighted by Crippen LogP contribution is -2.39. The lowest BCUT2D eigenvalue weighted by molar-refractivity contribution is 0.0637. The fourth-order valence-electron chi connectivity index (χ4n) is 18.3. The van der Waals surface area contributed by atoms with Crippen LogP contribution in [0.5, 0.6) is 57.5 Å². The van der Waals surface area contributed by atoms with Crippen molar-refractivity contribution in [1.82, 2.24) is 24.5 Å². The zero-order valence-corrected chi connectivity index (χ0v) is 82.7. The molecule has 10 aromatic rings. The largest absolute Gasteiger partial charge is 0.508 e. The molecule has 15 rings (SSSR count). The summed E-state index contributed by atoms with van der Waals surface area (Å²) in [4.78, 5) is 11.5. The van der Waals surface area contributed by atoms with Crippen molar-refractivity contribution < 1.29 is 73.3 Å². The van der Waals surface area contributed by atoms with Crippen molar-refractivity contribution >= 4 is 58.0 Å². The highest BCUT2D eigenvalue weighted by Gasteiger charge is 2.34. The number of hydrogen-bond donors (Lipinski definition) is 6. The van der Waals surface area contributed by atoms with Crippen LogP contribution in [0.15, 0.2) is 212 Å². The molecule has 0 aliphatic carbocycles. The molecule has 734 valence electrons. The standard InChI is InChI=1S/C23H27ClN2O4.2C22H25ClN2O3.C21H23ClN2O3.C21H23ClN2O2/c1-28-22-9-8-16(12-23(22)29-2)11-17-5-4-10-26(17)14-18(27)15-30-21-7-3-6-20(24)19(21)13-25;1-27-19-7-2-5-16(12-19)11-17-6-4-10-25(17)14-18(26)15-28-22-9-3-8-21(23)20(22)13-24;1-27-19-9-7-16(8-10-19)12-17-4-3-11-25(17)14-18(26)15-28-22-6-2-5-21(23)20(22)13-24;22-19-7-3-9-21(18(19)12-23)27-14-17(25)13-24-10-4-6-16(24)11-15-5-1-2-8-20(15)26;22-20-9-4-10-21(19(20)13-23)26-15-18(25)14-24-11-5-8-17(24)12-16-6-2-1-3-7-16/h3,6-9,12,17-18,27H,4-5,10-11,14-15H2,1-2H3;2-3,5,7-9,12,17-18,26H,4,6,10-11,14-15H2,1H3;2,5-10,17-18,26H,3-4,11-12,14-15H2,1H3;1-3,5,7-9,16-17,25-26H,4,6,10-11,13-14H2;1-4,6-7,9-10,17-18,25H,5,8,11-12,14-15H2/t3*17-,18+;16?,17-;17?,18-/m00011/s1. The predicted octanol–water partition coefficient (Wildman–Crippen LogP) is 18.0. The summed E-state index contributed by atoms with van der Waals surface area (Å²) in [7, 11) is 6.61. The number of ether oxygens (including phenoxy) is 9. The van der Waals surface area contributed by atoms with Crippen molar-refractivity contribution in [2.75, 3.05) is 127 Å². The highest BCUT2D eigenvalue weighted by molar-refractivity contribution is 6.33. The number of phenolic OH excluding ortho intramolecular Hbond substituents is 1. The van der Waals surface area contributed by atoms with Crippen LogP contribution in [0, 0.1) is 56.7 Å². The van der Waals surface area contributed by atoms with E-state index >= 15 is 0 Å². The number of para-hydroxylation sites is 1. The predicted molar refractivity (Wildman–Crippen MR) is 540 cm³/mol. The van der Waals surface area contributed by atoms with Crippen molar-refractivity contribution in [3.05, 3.63) is 293 Å². The van der Waals surface area contributed by atoms with Crippen molar-refractivity contribution in [1.29, 1.82) is 26.3 Å². The smallest absolute Gasteiger partial charge is 0.160 e. The molecule has 139 heavy (non-hydrogen) atoms. The Morgan fingerprint density at radius 2 is 0.568 bits per heavy atom. The van der Waals surface area contributed by atoms with Crippen LogP contribution >= 0.6 is 58.0 Å². The second-order valence-corrected chi connectivity index (χ2v) is 37.0. The van der Waals surface area contributed by atoms with E-state index in [0.29, 0.717) is 139 Å². The minimum atomic E-state index is -0.680. The number of aliphatic hydroxyl groups excluding tert-OH is 5. The number of benzene rings is 10. The minimum Gasteiger partial charge on any atom is -0.508 e. The van der Waals surface area contributed by atoms with Crippen LogP contribution in [-0.2, 0) is 32.1 Å². The number of nitrogens with zero attached hydrogens (tertiary/aromatic N) is 10. The van der Waals surface area contributed by atoms with Gasteiger partial charge in [-0.2, -0.15) is 26.3 Å². The Morgan fingerprint density at radius 3 is 0.885 bits per heavy atom. The Balaban J connectivity index is 0.000000166. The number of halogens is 5. The van der Waals surface area contributed by atoms with Gasteiger partial charge in [0.25, 0.3) is 0 Å². The molecule has 25 nitrogen and oxygen atoms in total.